The molecule has 0 radical (unpaired) electrons. The molecule has 2 aliphatic heterocycles. The molecule has 0 aliphatic carbocycles. The lowest BCUT2D eigenvalue weighted by molar-refractivity contribution is 0.00784. The van der Waals surface area contributed by atoms with Gasteiger partial charge in [-0.05, 0) is 38.0 Å². The predicted molar refractivity (Wildman–Crippen MR) is 80.2 cm³/mol. The van der Waals surface area contributed by atoms with Gasteiger partial charge in [0, 0.05) is 39.2 Å². The lowest BCUT2D eigenvalue weighted by Gasteiger charge is -2.34. The molecular formula is C13H25ClN2O3S. The van der Waals surface area contributed by atoms with E-state index in [9.17, 15) is 8.42 Å². The van der Waals surface area contributed by atoms with E-state index in [1.54, 1.807) is 11.4 Å². The summed E-state index contributed by atoms with van der Waals surface area (Å²) in [6, 6.07) is 0. The Morgan fingerprint density at radius 2 is 1.95 bits per heavy atom. The van der Waals surface area contributed by atoms with E-state index >= 15 is 0 Å². The quantitative estimate of drug-likeness (QED) is 0.723. The van der Waals surface area contributed by atoms with Crippen LogP contribution in [0.1, 0.15) is 32.1 Å². The number of rotatable bonds is 5. The summed E-state index contributed by atoms with van der Waals surface area (Å²) in [4.78, 5) is 0. The minimum Gasteiger partial charge on any atom is -0.377 e. The van der Waals surface area contributed by atoms with Crippen LogP contribution in [0.5, 0.6) is 0 Å². The van der Waals surface area contributed by atoms with Gasteiger partial charge in [0.05, 0.1) is 6.10 Å². The van der Waals surface area contributed by atoms with Crippen molar-refractivity contribution in [3.63, 3.8) is 0 Å². The Bertz CT molecular complexity index is 390. The molecule has 0 saturated carbocycles. The van der Waals surface area contributed by atoms with Crippen molar-refractivity contribution in [3.05, 3.63) is 0 Å². The first kappa shape index (κ1) is 16.5. The van der Waals surface area contributed by atoms with Crippen LogP contribution in [0.15, 0.2) is 0 Å². The molecule has 2 saturated heterocycles. The number of nitrogens with zero attached hydrogens (tertiary/aromatic N) is 2. The second-order valence-electron chi connectivity index (χ2n) is 5.77. The second-order valence-corrected chi connectivity index (χ2v) is 8.12. The summed E-state index contributed by atoms with van der Waals surface area (Å²) in [6.45, 7) is 2.36. The fourth-order valence-electron chi connectivity index (χ4n) is 2.82. The van der Waals surface area contributed by atoms with Crippen molar-refractivity contribution >= 4 is 21.8 Å². The van der Waals surface area contributed by atoms with Crippen molar-refractivity contribution in [2.24, 2.45) is 5.92 Å². The van der Waals surface area contributed by atoms with Crippen molar-refractivity contribution in [1.82, 2.24) is 8.61 Å². The summed E-state index contributed by atoms with van der Waals surface area (Å²) >= 11 is 5.84. The Labute approximate surface area is 127 Å². The highest BCUT2D eigenvalue weighted by Crippen LogP contribution is 2.22. The fraction of sp³-hybridized carbons (Fsp3) is 1.00. The highest BCUT2D eigenvalue weighted by atomic mass is 35.5. The Hall–Kier alpha value is 0.120. The monoisotopic (exact) mass is 324 g/mol. The summed E-state index contributed by atoms with van der Waals surface area (Å²) in [6.07, 6.45) is 4.92. The average molecular weight is 325 g/mol. The van der Waals surface area contributed by atoms with Crippen molar-refractivity contribution in [2.45, 2.75) is 38.2 Å². The topological polar surface area (TPSA) is 49.9 Å². The van der Waals surface area contributed by atoms with E-state index in [1.165, 1.54) is 4.31 Å². The summed E-state index contributed by atoms with van der Waals surface area (Å²) in [7, 11) is -1.70. The van der Waals surface area contributed by atoms with E-state index in [0.29, 0.717) is 31.4 Å². The maximum absolute atomic E-state index is 12.5. The molecule has 0 spiro atoms. The van der Waals surface area contributed by atoms with Crippen molar-refractivity contribution < 1.29 is 13.2 Å². The molecule has 2 fully saturated rings. The first-order chi connectivity index (χ1) is 9.54. The van der Waals surface area contributed by atoms with E-state index in [0.717, 1.165) is 38.7 Å². The number of ether oxygens (including phenoxy) is 1. The first-order valence-electron chi connectivity index (χ1n) is 7.43. The van der Waals surface area contributed by atoms with Crippen LogP contribution in [0.25, 0.3) is 0 Å². The summed E-state index contributed by atoms with van der Waals surface area (Å²) in [5, 5.41) is 0. The Kier molecular flexibility index (Phi) is 6.10. The van der Waals surface area contributed by atoms with Crippen molar-refractivity contribution in [3.8, 4) is 0 Å². The van der Waals surface area contributed by atoms with Crippen molar-refractivity contribution in [2.75, 3.05) is 39.2 Å². The number of piperidine rings is 1. The first-order valence-corrected chi connectivity index (χ1v) is 9.36. The zero-order chi connectivity index (χ0) is 14.6. The van der Waals surface area contributed by atoms with Gasteiger partial charge in [-0.25, -0.2) is 0 Å². The summed E-state index contributed by atoms with van der Waals surface area (Å²) in [5.74, 6) is 1.08. The molecule has 0 aromatic heterocycles. The van der Waals surface area contributed by atoms with Gasteiger partial charge in [0.15, 0.2) is 0 Å². The van der Waals surface area contributed by atoms with Gasteiger partial charge in [-0.1, -0.05) is 0 Å². The van der Waals surface area contributed by atoms with E-state index in [-0.39, 0.29) is 6.10 Å². The molecule has 0 aromatic carbocycles. The highest BCUT2D eigenvalue weighted by Gasteiger charge is 2.32. The van der Waals surface area contributed by atoms with Crippen LogP contribution in [0.2, 0.25) is 0 Å². The van der Waals surface area contributed by atoms with Crippen LogP contribution in [0.3, 0.4) is 0 Å². The Morgan fingerprint density at radius 1 is 1.25 bits per heavy atom. The minimum absolute atomic E-state index is 0.0453. The van der Waals surface area contributed by atoms with Gasteiger partial charge in [0.2, 0.25) is 0 Å². The largest absolute Gasteiger partial charge is 0.377 e. The zero-order valence-corrected chi connectivity index (χ0v) is 13.7. The molecule has 1 unspecified atom stereocenters. The van der Waals surface area contributed by atoms with Crippen LogP contribution in [0.4, 0.5) is 0 Å². The number of likely N-dealkylation sites (N-methyl/N-ethyl adjacent to an activating group) is 1. The van der Waals surface area contributed by atoms with E-state index < -0.39 is 10.2 Å². The van der Waals surface area contributed by atoms with Gasteiger partial charge in [-0.3, -0.25) is 0 Å². The summed E-state index contributed by atoms with van der Waals surface area (Å²) < 4.78 is 33.7. The van der Waals surface area contributed by atoms with Gasteiger partial charge in [-0.2, -0.15) is 17.0 Å². The molecule has 0 bridgehead atoms. The highest BCUT2D eigenvalue weighted by molar-refractivity contribution is 7.86. The number of alkyl halides is 1. The zero-order valence-electron chi connectivity index (χ0n) is 12.1. The maximum Gasteiger partial charge on any atom is 0.281 e. The van der Waals surface area contributed by atoms with E-state index in [4.69, 9.17) is 16.3 Å². The average Bonchev–Trinajstić information content (AvgIpc) is 2.48. The molecule has 0 N–H and O–H groups in total. The number of hydrogen-bond donors (Lipinski definition) is 0. The minimum atomic E-state index is -3.35. The lowest BCUT2D eigenvalue weighted by Crippen LogP contribution is -2.48. The van der Waals surface area contributed by atoms with Crippen LogP contribution >= 0.6 is 11.6 Å². The lowest BCUT2D eigenvalue weighted by atomic mass is 10.0. The third-order valence-corrected chi connectivity index (χ3v) is 6.64. The molecule has 0 amide bonds. The number of halogens is 1. The third kappa shape index (κ3) is 4.07. The molecule has 2 heterocycles. The molecule has 118 valence electrons. The molecule has 2 aliphatic rings. The molecule has 1 atom stereocenters. The van der Waals surface area contributed by atoms with Crippen LogP contribution < -0.4 is 0 Å². The fourth-order valence-corrected chi connectivity index (χ4v) is 4.55. The SMILES string of the molecule is CN(CC1CCCCO1)S(=O)(=O)N1CCC(CCl)CC1. The van der Waals surface area contributed by atoms with E-state index in [2.05, 4.69) is 0 Å². The molecule has 2 rings (SSSR count). The summed E-state index contributed by atoms with van der Waals surface area (Å²) in [5.41, 5.74) is 0. The van der Waals surface area contributed by atoms with Crippen molar-refractivity contribution in [1.29, 1.82) is 0 Å². The molecule has 7 heteroatoms. The second kappa shape index (κ2) is 7.40. The van der Waals surface area contributed by atoms with Gasteiger partial charge in [0.25, 0.3) is 10.2 Å². The normalized spacial score (nSPS) is 27.1. The van der Waals surface area contributed by atoms with Crippen LogP contribution in [-0.4, -0.2) is 62.3 Å². The van der Waals surface area contributed by atoms with Crippen LogP contribution in [-0.2, 0) is 14.9 Å². The maximum atomic E-state index is 12.5. The van der Waals surface area contributed by atoms with Gasteiger partial charge in [-0.15, -0.1) is 11.6 Å². The molecule has 5 nitrogen and oxygen atoms in total. The molecule has 20 heavy (non-hydrogen) atoms. The van der Waals surface area contributed by atoms with E-state index in [1.807, 2.05) is 0 Å². The van der Waals surface area contributed by atoms with Gasteiger partial charge in [0.1, 0.15) is 0 Å². The molecule has 0 aromatic rings. The van der Waals surface area contributed by atoms with Gasteiger partial charge < -0.3 is 4.74 Å². The standard InChI is InChI=1S/C13H25ClN2O3S/c1-15(11-13-4-2-3-9-19-13)20(17,18)16-7-5-12(10-14)6-8-16/h12-13H,2-11H2,1H3. The third-order valence-electron chi connectivity index (χ3n) is 4.25. The Balaban J connectivity index is 1.88. The van der Waals surface area contributed by atoms with Crippen LogP contribution in [0, 0.1) is 5.92 Å². The van der Waals surface area contributed by atoms with Gasteiger partial charge >= 0.3 is 0 Å². The predicted octanol–water partition coefficient (Wildman–Crippen LogP) is 1.68. The smallest absolute Gasteiger partial charge is 0.281 e. The molecular weight excluding hydrogens is 300 g/mol. The number of hydrogen-bond acceptors (Lipinski definition) is 3. The Morgan fingerprint density at radius 3 is 2.50 bits per heavy atom.